The molecule has 25 heavy (non-hydrogen) atoms. The van der Waals surface area contributed by atoms with Crippen molar-refractivity contribution < 1.29 is 14.7 Å². The molecule has 1 saturated carbocycles. The van der Waals surface area contributed by atoms with Crippen molar-refractivity contribution in [3.05, 3.63) is 47.8 Å². The minimum atomic E-state index is -0.853. The van der Waals surface area contributed by atoms with Gasteiger partial charge in [0.25, 0.3) is 5.91 Å². The molecule has 0 saturated heterocycles. The third kappa shape index (κ3) is 3.43. The monoisotopic (exact) mass is 341 g/mol. The molecule has 3 rings (SSSR count). The molecule has 132 valence electrons. The van der Waals surface area contributed by atoms with E-state index in [0.717, 1.165) is 24.2 Å². The van der Waals surface area contributed by atoms with E-state index in [0.29, 0.717) is 18.5 Å². The lowest BCUT2D eigenvalue weighted by molar-refractivity contribution is -0.145. The van der Waals surface area contributed by atoms with E-state index in [1.54, 1.807) is 10.7 Å². The van der Waals surface area contributed by atoms with Crippen LogP contribution in [0, 0.1) is 12.8 Å². The quantitative estimate of drug-likeness (QED) is 0.895. The molecule has 1 heterocycles. The first-order chi connectivity index (χ1) is 11.9. The normalized spacial score (nSPS) is 23.2. The molecule has 6 heteroatoms. The second-order valence-corrected chi connectivity index (χ2v) is 6.93. The van der Waals surface area contributed by atoms with Gasteiger partial charge in [-0.2, -0.15) is 5.10 Å². The number of amides is 1. The summed E-state index contributed by atoms with van der Waals surface area (Å²) in [6.07, 6.45) is 3.04. The average Bonchev–Trinajstić information content (AvgIpc) is 2.97. The second kappa shape index (κ2) is 6.70. The third-order valence-electron chi connectivity index (χ3n) is 5.03. The van der Waals surface area contributed by atoms with Crippen LogP contribution in [0.2, 0.25) is 0 Å². The molecule has 6 nitrogen and oxygen atoms in total. The van der Waals surface area contributed by atoms with Gasteiger partial charge in [0.2, 0.25) is 0 Å². The van der Waals surface area contributed by atoms with Crippen molar-refractivity contribution in [1.82, 2.24) is 15.1 Å². The number of aryl methyl sites for hydroxylation is 1. The number of rotatable bonds is 4. The number of hydrogen-bond donors (Lipinski definition) is 2. The lowest BCUT2D eigenvalue weighted by Gasteiger charge is -2.39. The molecule has 2 N–H and O–H groups in total. The van der Waals surface area contributed by atoms with Crippen LogP contribution < -0.4 is 5.32 Å². The van der Waals surface area contributed by atoms with Crippen molar-refractivity contribution >= 4 is 11.9 Å². The van der Waals surface area contributed by atoms with Crippen LogP contribution in [0.3, 0.4) is 0 Å². The van der Waals surface area contributed by atoms with Crippen molar-refractivity contribution in [1.29, 1.82) is 0 Å². The number of aliphatic carboxylic acids is 1. The molecule has 2 unspecified atom stereocenters. The van der Waals surface area contributed by atoms with E-state index in [1.165, 1.54) is 0 Å². The average molecular weight is 341 g/mol. The highest BCUT2D eigenvalue weighted by atomic mass is 16.4. The Morgan fingerprint density at radius 1 is 1.28 bits per heavy atom. The van der Waals surface area contributed by atoms with Crippen molar-refractivity contribution in [2.75, 3.05) is 0 Å². The zero-order valence-corrected chi connectivity index (χ0v) is 14.5. The summed E-state index contributed by atoms with van der Waals surface area (Å²) >= 11 is 0. The first-order valence-electron chi connectivity index (χ1n) is 8.58. The van der Waals surface area contributed by atoms with Crippen LogP contribution in [0.25, 0.3) is 5.69 Å². The Kier molecular flexibility index (Phi) is 4.61. The van der Waals surface area contributed by atoms with Crippen LogP contribution >= 0.6 is 0 Å². The number of hydrogen-bond acceptors (Lipinski definition) is 3. The molecule has 0 bridgehead atoms. The summed E-state index contributed by atoms with van der Waals surface area (Å²) in [5.74, 6) is -1.75. The Labute approximate surface area is 146 Å². The minimum absolute atomic E-state index is 0.303. The number of carbonyl (C=O) groups excluding carboxylic acids is 1. The largest absolute Gasteiger partial charge is 0.481 e. The van der Waals surface area contributed by atoms with Crippen LogP contribution in [0.5, 0.6) is 0 Å². The van der Waals surface area contributed by atoms with Gasteiger partial charge in [0, 0.05) is 5.69 Å². The summed E-state index contributed by atoms with van der Waals surface area (Å²) in [5.41, 5.74) is 1.29. The third-order valence-corrected chi connectivity index (χ3v) is 5.03. The number of carboxylic acid groups (broad SMARTS) is 1. The molecule has 1 aromatic carbocycles. The van der Waals surface area contributed by atoms with Crippen molar-refractivity contribution in [3.63, 3.8) is 0 Å². The van der Waals surface area contributed by atoms with E-state index in [4.69, 9.17) is 0 Å². The summed E-state index contributed by atoms with van der Waals surface area (Å²) in [6, 6.07) is 11.3. The number of carboxylic acids is 1. The highest BCUT2D eigenvalue weighted by Crippen LogP contribution is 2.34. The fourth-order valence-electron chi connectivity index (χ4n) is 3.62. The number of benzene rings is 1. The maximum Gasteiger partial charge on any atom is 0.308 e. The number of para-hydroxylation sites is 1. The first kappa shape index (κ1) is 17.2. The maximum absolute atomic E-state index is 12.7. The SMILES string of the molecule is Cc1cc(C(=O)NC2(C)CCCCC2C(=O)O)nn1-c1ccccc1. The summed E-state index contributed by atoms with van der Waals surface area (Å²) in [7, 11) is 0. The molecule has 0 radical (unpaired) electrons. The Morgan fingerprint density at radius 3 is 2.68 bits per heavy atom. The van der Waals surface area contributed by atoms with Gasteiger partial charge in [-0.3, -0.25) is 9.59 Å². The zero-order chi connectivity index (χ0) is 18.0. The first-order valence-corrected chi connectivity index (χ1v) is 8.58. The molecular weight excluding hydrogens is 318 g/mol. The smallest absolute Gasteiger partial charge is 0.308 e. The van der Waals surface area contributed by atoms with Crippen molar-refractivity contribution in [2.45, 2.75) is 45.1 Å². The Balaban J connectivity index is 1.83. The van der Waals surface area contributed by atoms with E-state index in [9.17, 15) is 14.7 Å². The lowest BCUT2D eigenvalue weighted by Crippen LogP contribution is -2.55. The van der Waals surface area contributed by atoms with Crippen LogP contribution in [0.1, 0.15) is 48.8 Å². The van der Waals surface area contributed by atoms with Gasteiger partial charge in [-0.15, -0.1) is 0 Å². The van der Waals surface area contributed by atoms with E-state index in [1.807, 2.05) is 44.2 Å². The van der Waals surface area contributed by atoms with Gasteiger partial charge in [-0.1, -0.05) is 31.0 Å². The Morgan fingerprint density at radius 2 is 2.00 bits per heavy atom. The fourth-order valence-corrected chi connectivity index (χ4v) is 3.62. The molecule has 0 aliphatic heterocycles. The van der Waals surface area contributed by atoms with Crippen LogP contribution in [-0.2, 0) is 4.79 Å². The van der Waals surface area contributed by atoms with Gasteiger partial charge >= 0.3 is 5.97 Å². The van der Waals surface area contributed by atoms with Crippen LogP contribution in [-0.4, -0.2) is 32.3 Å². The van der Waals surface area contributed by atoms with Crippen molar-refractivity contribution in [3.8, 4) is 5.69 Å². The molecule has 0 spiro atoms. The molecule has 1 amide bonds. The topological polar surface area (TPSA) is 84.2 Å². The summed E-state index contributed by atoms with van der Waals surface area (Å²) in [5, 5.41) is 16.8. The summed E-state index contributed by atoms with van der Waals surface area (Å²) < 4.78 is 1.72. The van der Waals surface area contributed by atoms with Crippen LogP contribution in [0.4, 0.5) is 0 Å². The number of aromatic nitrogens is 2. The minimum Gasteiger partial charge on any atom is -0.481 e. The summed E-state index contributed by atoms with van der Waals surface area (Å²) in [6.45, 7) is 3.71. The number of carbonyl (C=O) groups is 2. The number of nitrogens with one attached hydrogen (secondary N) is 1. The molecular formula is C19H23N3O3. The van der Waals surface area contributed by atoms with Gasteiger partial charge < -0.3 is 10.4 Å². The molecule has 2 atom stereocenters. The predicted octanol–water partition coefficient (Wildman–Crippen LogP) is 2.94. The second-order valence-electron chi connectivity index (χ2n) is 6.93. The van der Waals surface area contributed by atoms with E-state index < -0.39 is 17.4 Å². The number of nitrogens with zero attached hydrogens (tertiary/aromatic N) is 2. The maximum atomic E-state index is 12.7. The molecule has 1 aromatic heterocycles. The summed E-state index contributed by atoms with van der Waals surface area (Å²) in [4.78, 5) is 24.3. The Bertz CT molecular complexity index is 784. The highest BCUT2D eigenvalue weighted by Gasteiger charge is 2.42. The molecule has 2 aromatic rings. The predicted molar refractivity (Wildman–Crippen MR) is 93.8 cm³/mol. The van der Waals surface area contributed by atoms with Gasteiger partial charge in [0.05, 0.1) is 17.1 Å². The lowest BCUT2D eigenvalue weighted by atomic mass is 9.74. The highest BCUT2D eigenvalue weighted by molar-refractivity contribution is 5.93. The van der Waals surface area contributed by atoms with Gasteiger partial charge in [0.1, 0.15) is 0 Å². The zero-order valence-electron chi connectivity index (χ0n) is 14.5. The van der Waals surface area contributed by atoms with Gasteiger partial charge in [-0.05, 0) is 44.9 Å². The molecule has 1 fully saturated rings. The molecule has 1 aliphatic carbocycles. The Hall–Kier alpha value is -2.63. The standard InChI is InChI=1S/C19H23N3O3/c1-13-12-16(21-22(13)14-8-4-3-5-9-14)17(23)20-19(2)11-7-6-10-15(19)18(24)25/h3-5,8-9,12,15H,6-7,10-11H2,1-2H3,(H,20,23)(H,24,25). The molecule has 1 aliphatic rings. The van der Waals surface area contributed by atoms with Gasteiger partial charge in [-0.25, -0.2) is 4.68 Å². The van der Waals surface area contributed by atoms with E-state index in [2.05, 4.69) is 10.4 Å². The van der Waals surface area contributed by atoms with E-state index in [-0.39, 0.29) is 5.91 Å². The van der Waals surface area contributed by atoms with E-state index >= 15 is 0 Å². The van der Waals surface area contributed by atoms with Crippen LogP contribution in [0.15, 0.2) is 36.4 Å². The van der Waals surface area contributed by atoms with Gasteiger partial charge in [0.15, 0.2) is 5.69 Å². The van der Waals surface area contributed by atoms with Crippen molar-refractivity contribution in [2.24, 2.45) is 5.92 Å². The fraction of sp³-hybridized carbons (Fsp3) is 0.421.